The third-order valence-corrected chi connectivity index (χ3v) is 2.53. The molecule has 0 aromatic heterocycles. The fraction of sp³-hybridized carbons (Fsp3) is 0.375. The van der Waals surface area contributed by atoms with E-state index in [-0.39, 0.29) is 0 Å². The maximum atomic E-state index is 5.99. The smallest absolute Gasteiger partial charge is 0.121 e. The number of anilines is 1. The first kappa shape index (κ1) is 14.4. The summed E-state index contributed by atoms with van der Waals surface area (Å²) >= 11 is 0. The van der Waals surface area contributed by atoms with Gasteiger partial charge in [-0.15, -0.1) is 0 Å². The molecule has 0 spiro atoms. The maximum absolute atomic E-state index is 5.99. The first-order chi connectivity index (χ1) is 8.63. The second-order valence-corrected chi connectivity index (χ2v) is 4.60. The highest BCUT2D eigenvalue weighted by atomic mass is 16.5. The number of hydrogen-bond acceptors (Lipinski definition) is 2. The molecule has 0 bridgehead atoms. The molecule has 0 radical (unpaired) electrons. The Kier molecular flexibility index (Phi) is 6.06. The number of rotatable bonds is 6. The van der Waals surface area contributed by atoms with E-state index in [4.69, 9.17) is 10.5 Å². The van der Waals surface area contributed by atoms with Crippen LogP contribution >= 0.6 is 0 Å². The van der Waals surface area contributed by atoms with Gasteiger partial charge in [0.15, 0.2) is 0 Å². The molecule has 0 atom stereocenters. The van der Waals surface area contributed by atoms with Gasteiger partial charge in [0.05, 0.1) is 6.61 Å². The van der Waals surface area contributed by atoms with Gasteiger partial charge in [-0.05, 0) is 38.0 Å². The second-order valence-electron chi connectivity index (χ2n) is 4.60. The Morgan fingerprint density at radius 1 is 1.33 bits per heavy atom. The van der Waals surface area contributed by atoms with Gasteiger partial charge in [-0.3, -0.25) is 0 Å². The van der Waals surface area contributed by atoms with Crippen LogP contribution < -0.4 is 10.5 Å². The van der Waals surface area contributed by atoms with Crippen molar-refractivity contribution in [2.24, 2.45) is 0 Å². The monoisotopic (exact) mass is 245 g/mol. The first-order valence-corrected chi connectivity index (χ1v) is 6.47. The molecular weight excluding hydrogens is 222 g/mol. The first-order valence-electron chi connectivity index (χ1n) is 6.47. The summed E-state index contributed by atoms with van der Waals surface area (Å²) < 4.78 is 5.61. The van der Waals surface area contributed by atoms with Crippen molar-refractivity contribution in [1.29, 1.82) is 0 Å². The van der Waals surface area contributed by atoms with Gasteiger partial charge in [0.1, 0.15) is 5.75 Å². The van der Waals surface area contributed by atoms with Crippen LogP contribution in [0.1, 0.15) is 39.2 Å². The number of ether oxygens (including phenoxy) is 1. The van der Waals surface area contributed by atoms with Gasteiger partial charge >= 0.3 is 0 Å². The van der Waals surface area contributed by atoms with E-state index in [1.165, 1.54) is 5.57 Å². The minimum Gasteiger partial charge on any atom is -0.494 e. The minimum atomic E-state index is 0.752. The van der Waals surface area contributed by atoms with E-state index in [1.807, 2.05) is 30.4 Å². The Bertz CT molecular complexity index is 429. The van der Waals surface area contributed by atoms with Crippen LogP contribution in [0.3, 0.4) is 0 Å². The van der Waals surface area contributed by atoms with E-state index >= 15 is 0 Å². The second kappa shape index (κ2) is 7.59. The van der Waals surface area contributed by atoms with Gasteiger partial charge in [0, 0.05) is 11.8 Å². The molecule has 0 saturated heterocycles. The molecule has 1 rings (SSSR count). The van der Waals surface area contributed by atoms with Gasteiger partial charge in [0.2, 0.25) is 0 Å². The lowest BCUT2D eigenvalue weighted by Crippen LogP contribution is -1.98. The van der Waals surface area contributed by atoms with Crippen LogP contribution in [0.5, 0.6) is 5.75 Å². The van der Waals surface area contributed by atoms with Crippen LogP contribution in [0.4, 0.5) is 5.69 Å². The zero-order valence-corrected chi connectivity index (χ0v) is 11.6. The summed E-state index contributed by atoms with van der Waals surface area (Å²) in [6.45, 7) is 7.04. The molecule has 0 aliphatic rings. The molecule has 2 N–H and O–H groups in total. The largest absolute Gasteiger partial charge is 0.494 e. The van der Waals surface area contributed by atoms with Crippen molar-refractivity contribution < 1.29 is 4.74 Å². The highest BCUT2D eigenvalue weighted by molar-refractivity contribution is 5.66. The standard InChI is InChI=1S/C16H23NO/c1-4-5-11-18-15-10-9-14(16(17)12-15)8-6-7-13(2)3/h6-10,12H,4-5,11,17H2,1-3H3/b8-6-. The number of benzene rings is 1. The van der Waals surface area contributed by atoms with Crippen LogP contribution in [0.2, 0.25) is 0 Å². The van der Waals surface area contributed by atoms with Crippen molar-refractivity contribution in [2.45, 2.75) is 33.6 Å². The third-order valence-electron chi connectivity index (χ3n) is 2.53. The molecule has 0 heterocycles. The SMILES string of the molecule is CCCCOc1ccc(/C=C\C=C(C)C)c(N)c1. The van der Waals surface area contributed by atoms with Crippen molar-refractivity contribution in [2.75, 3.05) is 12.3 Å². The number of allylic oxidation sites excluding steroid dienone is 3. The number of nitrogens with two attached hydrogens (primary N) is 1. The van der Waals surface area contributed by atoms with Crippen molar-refractivity contribution in [3.8, 4) is 5.75 Å². The highest BCUT2D eigenvalue weighted by Crippen LogP contribution is 2.21. The molecule has 2 nitrogen and oxygen atoms in total. The Balaban J connectivity index is 2.67. The van der Waals surface area contributed by atoms with Gasteiger partial charge in [-0.1, -0.05) is 37.1 Å². The summed E-state index contributed by atoms with van der Waals surface area (Å²) in [6.07, 6.45) is 8.29. The van der Waals surface area contributed by atoms with Crippen molar-refractivity contribution >= 4 is 11.8 Å². The van der Waals surface area contributed by atoms with E-state index in [9.17, 15) is 0 Å². The summed E-state index contributed by atoms with van der Waals surface area (Å²) in [5, 5.41) is 0. The van der Waals surface area contributed by atoms with Gasteiger partial charge in [-0.2, -0.15) is 0 Å². The summed E-state index contributed by atoms with van der Waals surface area (Å²) in [6, 6.07) is 5.85. The summed E-state index contributed by atoms with van der Waals surface area (Å²) in [5.74, 6) is 0.848. The predicted molar refractivity (Wildman–Crippen MR) is 79.7 cm³/mol. The van der Waals surface area contributed by atoms with Crippen LogP contribution in [0.25, 0.3) is 6.08 Å². The van der Waals surface area contributed by atoms with Crippen LogP contribution in [-0.2, 0) is 0 Å². The Hall–Kier alpha value is -1.70. The summed E-state index contributed by atoms with van der Waals surface area (Å²) in [7, 11) is 0. The number of nitrogen functional groups attached to an aromatic ring is 1. The van der Waals surface area contributed by atoms with Crippen molar-refractivity contribution in [3.63, 3.8) is 0 Å². The Morgan fingerprint density at radius 3 is 2.72 bits per heavy atom. The fourth-order valence-corrected chi connectivity index (χ4v) is 1.47. The van der Waals surface area contributed by atoms with E-state index in [2.05, 4.69) is 26.8 Å². The van der Waals surface area contributed by atoms with Crippen molar-refractivity contribution in [3.05, 3.63) is 41.5 Å². The molecule has 0 aliphatic carbocycles. The normalized spacial score (nSPS) is 10.6. The molecule has 0 fully saturated rings. The van der Waals surface area contributed by atoms with Crippen molar-refractivity contribution in [1.82, 2.24) is 0 Å². The van der Waals surface area contributed by atoms with Crippen LogP contribution in [-0.4, -0.2) is 6.61 Å². The molecular formula is C16H23NO. The maximum Gasteiger partial charge on any atom is 0.121 e. The lowest BCUT2D eigenvalue weighted by molar-refractivity contribution is 0.309. The third kappa shape index (κ3) is 5.09. The quantitative estimate of drug-likeness (QED) is 0.457. The fourth-order valence-electron chi connectivity index (χ4n) is 1.47. The van der Waals surface area contributed by atoms with Crippen LogP contribution in [0, 0.1) is 0 Å². The molecule has 0 unspecified atom stereocenters. The average Bonchev–Trinajstić information content (AvgIpc) is 2.32. The summed E-state index contributed by atoms with van der Waals surface area (Å²) in [5.41, 5.74) is 9.03. The molecule has 0 aliphatic heterocycles. The topological polar surface area (TPSA) is 35.2 Å². The Labute approximate surface area is 110 Å². The lowest BCUT2D eigenvalue weighted by atomic mass is 10.1. The highest BCUT2D eigenvalue weighted by Gasteiger charge is 1.98. The average molecular weight is 245 g/mol. The molecule has 98 valence electrons. The molecule has 0 saturated carbocycles. The molecule has 1 aromatic carbocycles. The zero-order chi connectivity index (χ0) is 13.4. The molecule has 2 heteroatoms. The molecule has 18 heavy (non-hydrogen) atoms. The minimum absolute atomic E-state index is 0.752. The zero-order valence-electron chi connectivity index (χ0n) is 11.6. The van der Waals surface area contributed by atoms with Gasteiger partial charge < -0.3 is 10.5 Å². The van der Waals surface area contributed by atoms with Crippen LogP contribution in [0.15, 0.2) is 35.9 Å². The predicted octanol–water partition coefficient (Wildman–Crippen LogP) is 4.43. The van der Waals surface area contributed by atoms with E-state index in [0.717, 1.165) is 36.4 Å². The van der Waals surface area contributed by atoms with Gasteiger partial charge in [-0.25, -0.2) is 0 Å². The number of hydrogen-bond donors (Lipinski definition) is 1. The Morgan fingerprint density at radius 2 is 2.11 bits per heavy atom. The van der Waals surface area contributed by atoms with Gasteiger partial charge in [0.25, 0.3) is 0 Å². The van der Waals surface area contributed by atoms with E-state index < -0.39 is 0 Å². The molecule has 0 amide bonds. The van der Waals surface area contributed by atoms with E-state index in [0.29, 0.717) is 0 Å². The number of unbranched alkanes of at least 4 members (excludes halogenated alkanes) is 1. The lowest BCUT2D eigenvalue weighted by Gasteiger charge is -2.07. The molecule has 1 aromatic rings. The van der Waals surface area contributed by atoms with E-state index in [1.54, 1.807) is 0 Å². The summed E-state index contributed by atoms with van der Waals surface area (Å²) in [4.78, 5) is 0.